The van der Waals surface area contributed by atoms with Crippen LogP contribution in [0, 0.1) is 5.92 Å². The second kappa shape index (κ2) is 12.1. The van der Waals surface area contributed by atoms with Crippen molar-refractivity contribution in [2.24, 2.45) is 5.92 Å². The lowest BCUT2D eigenvalue weighted by molar-refractivity contribution is -0.161. The summed E-state index contributed by atoms with van der Waals surface area (Å²) in [5.41, 5.74) is 1.73. The van der Waals surface area contributed by atoms with Crippen molar-refractivity contribution in [1.82, 2.24) is 19.9 Å². The highest BCUT2D eigenvalue weighted by Crippen LogP contribution is 2.40. The molecule has 1 amide bonds. The summed E-state index contributed by atoms with van der Waals surface area (Å²) < 4.78 is 42.0. The van der Waals surface area contributed by atoms with Gasteiger partial charge in [-0.1, -0.05) is 37.6 Å². The van der Waals surface area contributed by atoms with E-state index in [1.807, 2.05) is 38.1 Å². The lowest BCUT2D eigenvalue weighted by Crippen LogP contribution is -2.54. The van der Waals surface area contributed by atoms with E-state index in [0.717, 1.165) is 42.7 Å². The van der Waals surface area contributed by atoms with Gasteiger partial charge in [0, 0.05) is 61.8 Å². The first-order valence-electron chi connectivity index (χ1n) is 15.1. The molecule has 9 nitrogen and oxygen atoms in total. The number of carbonyl (C=O) groups excluding carboxylic acids is 1. The minimum Gasteiger partial charge on any atom is -0.450 e. The molecular weight excluding hydrogens is 592 g/mol. The number of halogens is 3. The number of furan rings is 1. The number of para-hydroxylation sites is 1. The van der Waals surface area contributed by atoms with E-state index < -0.39 is 23.7 Å². The van der Waals surface area contributed by atoms with Crippen molar-refractivity contribution in [2.75, 3.05) is 37.7 Å². The van der Waals surface area contributed by atoms with Crippen LogP contribution in [0.3, 0.4) is 0 Å². The van der Waals surface area contributed by atoms with Gasteiger partial charge < -0.3 is 23.9 Å². The highest BCUT2D eigenvalue weighted by Gasteiger charge is 2.47. The number of nitrogens with zero attached hydrogens (tertiary/aromatic N) is 4. The maximum Gasteiger partial charge on any atom is 0.324 e. The maximum atomic E-state index is 15.1. The Morgan fingerprint density at radius 1 is 1.23 bits per heavy atom. The minimum atomic E-state index is -3.53. The van der Waals surface area contributed by atoms with Crippen molar-refractivity contribution in [3.05, 3.63) is 63.3 Å². The SMILES string of the molecule is CC1CN(C(=O)C(F)(F)CCCOCc2nc(N3CCCC3)c3oc4ccccc4c3n2)CCC1(C)c1cc(Cl)c[nH]c1=O. The second-order valence-electron chi connectivity index (χ2n) is 12.2. The van der Waals surface area contributed by atoms with Gasteiger partial charge in [-0.05, 0) is 49.8 Å². The Kier molecular flexibility index (Phi) is 8.36. The van der Waals surface area contributed by atoms with Crippen LogP contribution >= 0.6 is 11.6 Å². The Labute approximate surface area is 258 Å². The van der Waals surface area contributed by atoms with Crippen LogP contribution in [-0.4, -0.2) is 64.5 Å². The number of anilines is 1. The van der Waals surface area contributed by atoms with E-state index in [4.69, 9.17) is 25.7 Å². The molecule has 0 radical (unpaired) electrons. The largest absolute Gasteiger partial charge is 0.450 e. The van der Waals surface area contributed by atoms with Gasteiger partial charge >= 0.3 is 5.92 Å². The molecule has 4 aromatic rings. The smallest absolute Gasteiger partial charge is 0.324 e. The summed E-state index contributed by atoms with van der Waals surface area (Å²) in [5, 5.41) is 1.28. The van der Waals surface area contributed by atoms with Crippen LogP contribution < -0.4 is 10.5 Å². The van der Waals surface area contributed by atoms with Crippen LogP contribution in [0.25, 0.3) is 22.1 Å². The van der Waals surface area contributed by atoms with Crippen molar-refractivity contribution in [3.8, 4) is 0 Å². The van der Waals surface area contributed by atoms with Crippen LogP contribution in [0.2, 0.25) is 5.02 Å². The number of ether oxygens (including phenoxy) is 1. The molecule has 1 aromatic carbocycles. The van der Waals surface area contributed by atoms with Gasteiger partial charge in [-0.3, -0.25) is 9.59 Å². The van der Waals surface area contributed by atoms with Crippen molar-refractivity contribution >= 4 is 45.4 Å². The molecule has 0 spiro atoms. The zero-order chi connectivity index (χ0) is 31.1. The van der Waals surface area contributed by atoms with Gasteiger partial charge in [0.05, 0.1) is 5.02 Å². The lowest BCUT2D eigenvalue weighted by Gasteiger charge is -2.45. The zero-order valence-electron chi connectivity index (χ0n) is 24.9. The van der Waals surface area contributed by atoms with Gasteiger partial charge in [-0.2, -0.15) is 8.78 Å². The molecule has 3 aromatic heterocycles. The Bertz CT molecular complexity index is 1740. The number of hydrogen-bond acceptors (Lipinski definition) is 7. The molecule has 44 heavy (non-hydrogen) atoms. The van der Waals surface area contributed by atoms with E-state index >= 15 is 8.78 Å². The number of amides is 1. The normalized spacial score (nSPS) is 21.1. The van der Waals surface area contributed by atoms with Crippen LogP contribution in [0.15, 0.2) is 45.7 Å². The van der Waals surface area contributed by atoms with Crippen molar-refractivity contribution in [3.63, 3.8) is 0 Å². The molecule has 0 saturated carbocycles. The summed E-state index contributed by atoms with van der Waals surface area (Å²) in [6.07, 6.45) is 3.30. The first-order valence-corrected chi connectivity index (χ1v) is 15.5. The number of likely N-dealkylation sites (tertiary alicyclic amines) is 1. The molecule has 0 aliphatic carbocycles. The molecule has 0 bridgehead atoms. The molecule has 6 rings (SSSR count). The van der Waals surface area contributed by atoms with Crippen LogP contribution in [-0.2, 0) is 21.6 Å². The molecule has 2 aliphatic heterocycles. The number of aromatic nitrogens is 3. The number of rotatable bonds is 9. The fourth-order valence-electron chi connectivity index (χ4n) is 6.43. The molecule has 234 valence electrons. The number of pyridine rings is 1. The molecule has 2 atom stereocenters. The van der Waals surface area contributed by atoms with E-state index in [2.05, 4.69) is 14.9 Å². The summed E-state index contributed by atoms with van der Waals surface area (Å²) in [7, 11) is 0. The molecule has 12 heteroatoms. The first-order chi connectivity index (χ1) is 21.1. The number of alkyl halides is 2. The van der Waals surface area contributed by atoms with Gasteiger partial charge in [0.15, 0.2) is 17.2 Å². The minimum absolute atomic E-state index is 0.00634. The average Bonchev–Trinajstić information content (AvgIpc) is 3.67. The fourth-order valence-corrected chi connectivity index (χ4v) is 6.59. The predicted molar refractivity (Wildman–Crippen MR) is 164 cm³/mol. The number of carbonyl (C=O) groups is 1. The third-order valence-electron chi connectivity index (χ3n) is 9.23. The quantitative estimate of drug-likeness (QED) is 0.224. The van der Waals surface area contributed by atoms with Crippen molar-refractivity contribution in [1.29, 1.82) is 0 Å². The van der Waals surface area contributed by atoms with Gasteiger partial charge in [0.1, 0.15) is 17.7 Å². The molecular formula is C32H36ClF2N5O4. The molecule has 2 unspecified atom stereocenters. The molecule has 1 N–H and O–H groups in total. The molecule has 2 aliphatic rings. The van der Waals surface area contributed by atoms with E-state index in [9.17, 15) is 9.59 Å². The van der Waals surface area contributed by atoms with Gasteiger partial charge in [0.25, 0.3) is 11.5 Å². The highest BCUT2D eigenvalue weighted by atomic mass is 35.5. The molecule has 2 saturated heterocycles. The second-order valence-corrected chi connectivity index (χ2v) is 12.6. The Hall–Kier alpha value is -3.57. The van der Waals surface area contributed by atoms with Crippen molar-refractivity contribution in [2.45, 2.75) is 63.9 Å². The summed E-state index contributed by atoms with van der Waals surface area (Å²) in [6.45, 7) is 5.87. The Morgan fingerprint density at radius 3 is 2.77 bits per heavy atom. The third-order valence-corrected chi connectivity index (χ3v) is 9.45. The lowest BCUT2D eigenvalue weighted by atomic mass is 9.68. The summed E-state index contributed by atoms with van der Waals surface area (Å²) in [4.78, 5) is 40.8. The highest BCUT2D eigenvalue weighted by molar-refractivity contribution is 6.30. The Balaban J connectivity index is 1.05. The predicted octanol–water partition coefficient (Wildman–Crippen LogP) is 6.08. The van der Waals surface area contributed by atoms with E-state index in [0.29, 0.717) is 33.9 Å². The Morgan fingerprint density at radius 2 is 2.00 bits per heavy atom. The molecule has 5 heterocycles. The average molecular weight is 628 g/mol. The number of fused-ring (bicyclic) bond motifs is 3. The number of piperidine rings is 1. The summed E-state index contributed by atoms with van der Waals surface area (Å²) >= 11 is 6.11. The zero-order valence-corrected chi connectivity index (χ0v) is 25.6. The maximum absolute atomic E-state index is 15.1. The van der Waals surface area contributed by atoms with E-state index in [1.54, 1.807) is 6.07 Å². The topological polar surface area (TPSA) is 105 Å². The van der Waals surface area contributed by atoms with Gasteiger partial charge in [-0.15, -0.1) is 0 Å². The van der Waals surface area contributed by atoms with Crippen molar-refractivity contribution < 1.29 is 22.7 Å². The van der Waals surface area contributed by atoms with E-state index in [1.165, 1.54) is 11.1 Å². The molecule has 2 fully saturated rings. The van der Waals surface area contributed by atoms with Crippen LogP contribution in [0.5, 0.6) is 0 Å². The van der Waals surface area contributed by atoms with Crippen LogP contribution in [0.1, 0.15) is 57.3 Å². The monoisotopic (exact) mass is 627 g/mol. The fraction of sp³-hybridized carbons (Fsp3) is 0.500. The summed E-state index contributed by atoms with van der Waals surface area (Å²) in [6, 6.07) is 9.30. The number of hydrogen-bond donors (Lipinski definition) is 1. The third kappa shape index (κ3) is 5.79. The first kappa shape index (κ1) is 30.5. The van der Waals surface area contributed by atoms with E-state index in [-0.39, 0.29) is 44.2 Å². The number of H-pyrrole nitrogens is 1. The number of nitrogens with one attached hydrogen (secondary N) is 1. The standard InChI is InChI=1S/C32H36ClF2N5O4/c1-20-18-40(14-11-31(20,2)23-16-21(33)17-36-29(23)41)30(42)32(34,35)10-7-15-43-19-25-37-26-22-8-3-4-9-24(22)44-27(26)28(38-25)39-12-5-6-13-39/h3-4,8-9,16-17,20H,5-7,10-15,18-19H2,1-2H3,(H,36,41). The van der Waals surface area contributed by atoms with Crippen LogP contribution in [0.4, 0.5) is 14.6 Å². The number of benzene rings is 1. The van der Waals surface area contributed by atoms with Gasteiger partial charge in [-0.25, -0.2) is 9.97 Å². The van der Waals surface area contributed by atoms with Gasteiger partial charge in [0.2, 0.25) is 0 Å². The summed E-state index contributed by atoms with van der Waals surface area (Å²) in [5.74, 6) is -3.77. The number of aromatic amines is 1.